The van der Waals surface area contributed by atoms with Crippen LogP contribution >= 0.6 is 0 Å². The van der Waals surface area contributed by atoms with E-state index in [4.69, 9.17) is 38.8 Å². The Bertz CT molecular complexity index is 4830. The van der Waals surface area contributed by atoms with E-state index in [9.17, 15) is 24.0 Å². The molecule has 5 aliphatic heterocycles. The van der Waals surface area contributed by atoms with Crippen molar-refractivity contribution >= 4 is 41.3 Å². The molecule has 5 aliphatic rings. The Morgan fingerprint density at radius 2 is 0.759 bits per heavy atom. The monoisotopic (exact) mass is 1580 g/mol. The predicted molar refractivity (Wildman–Crippen MR) is 455 cm³/mol. The number of para-hydroxylation sites is 2. The molecule has 0 unspecified atom stereocenters. The standard InChI is InChI=1S/C39H47N5O4.C34H39N5O2.C20H30N2O5/c1-28-26-31(16-17-35(28)47-25-11-19-41-21-23-42(24-22-41)38(46)48-39(3,4)5)37(45)43-20-18-33-36(32-14-9-10-15-34(32)43)44(29(2)40-33)27-30-12-7-6-8-13-30;1-25-23-28(13-14-32(25)41-22-8-18-37-20-16-35-17-21-37)34(40)38-19-15-30-33(29-11-6-7-12-31(29)38)39(26(2)36-30)24-27-9-4-3-5-10-27;1-15-14-16(18(23)24)6-7-17(15)26-13-5-8-21-9-11-22(12-10-21)19(25)27-20(2,3)4/h6-10,12-17,26H,11,18-25,27H2,1-5H3;3-7,9-14,23,35H,8,15-22,24H2,1-2H3;6-7,14H,5,8-13H2,1-4H3,(H,23,24). The van der Waals surface area contributed by atoms with Crippen LogP contribution in [0.25, 0.3) is 22.5 Å². The molecule has 116 heavy (non-hydrogen) atoms. The maximum Gasteiger partial charge on any atom is 0.410 e. The maximum absolute atomic E-state index is 14.1. The zero-order valence-electron chi connectivity index (χ0n) is 69.6. The number of nitrogens with one attached hydrogen (secondary N) is 1. The van der Waals surface area contributed by atoms with Gasteiger partial charge in [0.25, 0.3) is 11.8 Å². The van der Waals surface area contributed by atoms with Gasteiger partial charge in [0.2, 0.25) is 0 Å². The van der Waals surface area contributed by atoms with Crippen molar-refractivity contribution in [2.75, 3.05) is 141 Å². The molecular weight excluding hydrogens is 1460 g/mol. The molecule has 2 N–H and O–H groups in total. The van der Waals surface area contributed by atoms with Gasteiger partial charge < -0.3 is 67.7 Å². The summed E-state index contributed by atoms with van der Waals surface area (Å²) in [5.41, 5.74) is 14.0. The van der Waals surface area contributed by atoms with Crippen LogP contribution in [-0.4, -0.2) is 221 Å². The van der Waals surface area contributed by atoms with Crippen LogP contribution in [0.2, 0.25) is 0 Å². The molecule has 0 radical (unpaired) electrons. The number of benzene rings is 7. The van der Waals surface area contributed by atoms with Gasteiger partial charge in [0, 0.05) is 159 Å². The minimum Gasteiger partial charge on any atom is -0.493 e. The van der Waals surface area contributed by atoms with Gasteiger partial charge in [-0.05, 0) is 190 Å². The summed E-state index contributed by atoms with van der Waals surface area (Å²) in [6, 6.07) is 53.7. The van der Waals surface area contributed by atoms with Crippen molar-refractivity contribution < 1.29 is 52.8 Å². The Morgan fingerprint density at radius 3 is 1.12 bits per heavy atom. The molecule has 0 aliphatic carbocycles. The van der Waals surface area contributed by atoms with Crippen molar-refractivity contribution in [1.82, 2.24) is 48.9 Å². The highest BCUT2D eigenvalue weighted by Crippen LogP contribution is 2.41. The molecule has 7 aromatic carbocycles. The molecule has 23 nitrogen and oxygen atoms in total. The number of ether oxygens (including phenoxy) is 5. The van der Waals surface area contributed by atoms with Crippen LogP contribution in [0.5, 0.6) is 17.2 Å². The number of aromatic nitrogens is 4. The number of carbonyl (C=O) groups is 5. The van der Waals surface area contributed by atoms with Crippen molar-refractivity contribution in [1.29, 1.82) is 0 Å². The second kappa shape index (κ2) is 39.2. The molecular formula is C93H116N12O11. The summed E-state index contributed by atoms with van der Waals surface area (Å²) in [5.74, 6) is 3.36. The number of aryl methyl sites for hydroxylation is 5. The fourth-order valence-corrected chi connectivity index (χ4v) is 15.5. The molecule has 0 bridgehead atoms. The molecule has 614 valence electrons. The van der Waals surface area contributed by atoms with Crippen molar-refractivity contribution in [3.05, 3.63) is 231 Å². The summed E-state index contributed by atoms with van der Waals surface area (Å²) in [7, 11) is 0. The first-order chi connectivity index (χ1) is 55.8. The van der Waals surface area contributed by atoms with Crippen molar-refractivity contribution in [3.8, 4) is 39.8 Å². The van der Waals surface area contributed by atoms with E-state index in [-0.39, 0.29) is 29.6 Å². The molecule has 3 fully saturated rings. The Hall–Kier alpha value is -10.8. The van der Waals surface area contributed by atoms with Gasteiger partial charge in [0.1, 0.15) is 40.1 Å². The number of piperazine rings is 3. The van der Waals surface area contributed by atoms with E-state index in [1.54, 1.807) is 28.0 Å². The van der Waals surface area contributed by atoms with Crippen molar-refractivity contribution in [2.45, 2.75) is 133 Å². The number of aromatic carboxylic acids is 1. The second-order valence-corrected chi connectivity index (χ2v) is 32.6. The Labute approximate surface area is 684 Å². The van der Waals surface area contributed by atoms with E-state index in [1.165, 1.54) is 11.1 Å². The van der Waals surface area contributed by atoms with E-state index in [2.05, 4.69) is 110 Å². The molecule has 2 aromatic heterocycles. The molecule has 0 spiro atoms. The Morgan fingerprint density at radius 1 is 0.414 bits per heavy atom. The summed E-state index contributed by atoms with van der Waals surface area (Å²) in [5, 5.41) is 12.4. The van der Waals surface area contributed by atoms with E-state index in [0.29, 0.717) is 83.1 Å². The predicted octanol–water partition coefficient (Wildman–Crippen LogP) is 14.8. The number of carboxylic acids is 1. The fraction of sp³-hybridized carbons (Fsp3) is 0.430. The number of amides is 4. The van der Waals surface area contributed by atoms with Gasteiger partial charge in [-0.2, -0.15) is 0 Å². The highest BCUT2D eigenvalue weighted by Gasteiger charge is 2.33. The molecule has 4 amide bonds. The second-order valence-electron chi connectivity index (χ2n) is 32.6. The molecule has 23 heteroatoms. The van der Waals surface area contributed by atoms with Gasteiger partial charge in [-0.3, -0.25) is 19.4 Å². The lowest BCUT2D eigenvalue weighted by atomic mass is 10.1. The fourth-order valence-electron chi connectivity index (χ4n) is 15.5. The molecule has 0 atom stereocenters. The maximum atomic E-state index is 14.1. The van der Waals surface area contributed by atoms with Gasteiger partial charge in [-0.1, -0.05) is 97.1 Å². The van der Waals surface area contributed by atoms with Crippen molar-refractivity contribution in [2.24, 2.45) is 0 Å². The molecule has 3 saturated heterocycles. The number of carbonyl (C=O) groups excluding carboxylic acids is 4. The number of hydrogen-bond donors (Lipinski definition) is 2. The molecule has 0 saturated carbocycles. The minimum absolute atomic E-state index is 0.00212. The number of imidazole rings is 2. The number of fused-ring (bicyclic) bond motifs is 6. The van der Waals surface area contributed by atoms with Gasteiger partial charge in [-0.25, -0.2) is 24.4 Å². The third-order valence-corrected chi connectivity index (χ3v) is 21.5. The number of hydrogen-bond acceptors (Lipinski definition) is 16. The SMILES string of the molecule is Cc1cc(C(=O)N2CCc3nc(C)n(Cc4ccccc4)c3-c3ccccc32)ccc1OCCCN1CCN(C(=O)OC(C)(C)C)CC1.Cc1cc(C(=O)N2CCc3nc(C)n(Cc4ccccc4)c3-c3ccccc32)ccc1OCCCN1CCNCC1.Cc1cc(C(=O)O)ccc1OCCCN1CCN(C(=O)OC(C)(C)C)CC1. The zero-order chi connectivity index (χ0) is 82.0. The third kappa shape index (κ3) is 22.4. The minimum atomic E-state index is -0.935. The summed E-state index contributed by atoms with van der Waals surface area (Å²) >= 11 is 0. The number of rotatable bonds is 22. The molecule has 7 heterocycles. The lowest BCUT2D eigenvalue weighted by Crippen LogP contribution is -2.50. The molecule has 9 aromatic rings. The first kappa shape index (κ1) is 84.5. The Kier molecular flexibility index (Phi) is 28.6. The largest absolute Gasteiger partial charge is 0.493 e. The lowest BCUT2D eigenvalue weighted by Gasteiger charge is -2.35. The third-order valence-electron chi connectivity index (χ3n) is 21.5. The average Bonchev–Trinajstić information content (AvgIpc) is 1.61. The summed E-state index contributed by atoms with van der Waals surface area (Å²) < 4.78 is 33.5. The van der Waals surface area contributed by atoms with Gasteiger partial charge in [0.15, 0.2) is 0 Å². The topological polar surface area (TPSA) is 222 Å². The van der Waals surface area contributed by atoms with E-state index in [0.717, 1.165) is 195 Å². The van der Waals surface area contributed by atoms with E-state index in [1.807, 2.05) is 151 Å². The van der Waals surface area contributed by atoms with Crippen LogP contribution in [0.15, 0.2) is 164 Å². The lowest BCUT2D eigenvalue weighted by molar-refractivity contribution is 0.0133. The van der Waals surface area contributed by atoms with Crippen molar-refractivity contribution in [3.63, 3.8) is 0 Å². The van der Waals surface area contributed by atoms with Gasteiger partial charge >= 0.3 is 18.2 Å². The zero-order valence-corrected chi connectivity index (χ0v) is 69.6. The van der Waals surface area contributed by atoms with Crippen LogP contribution in [0.4, 0.5) is 21.0 Å². The smallest absolute Gasteiger partial charge is 0.410 e. The first-order valence-electron chi connectivity index (χ1n) is 41.1. The number of anilines is 2. The van der Waals surface area contributed by atoms with Crippen LogP contribution in [0.1, 0.15) is 143 Å². The average molecular weight is 1580 g/mol. The highest BCUT2D eigenvalue weighted by molar-refractivity contribution is 6.09. The van der Waals surface area contributed by atoms with Gasteiger partial charge in [0.05, 0.1) is 59.5 Å². The summed E-state index contributed by atoms with van der Waals surface area (Å²) in [6.07, 6.45) is 3.62. The van der Waals surface area contributed by atoms with Crippen LogP contribution in [0, 0.1) is 34.6 Å². The number of carboxylic acid groups (broad SMARTS) is 1. The first-order valence-corrected chi connectivity index (χ1v) is 41.1. The van der Waals surface area contributed by atoms with Crippen LogP contribution < -0.4 is 29.3 Å². The Balaban J connectivity index is 0.000000167. The summed E-state index contributed by atoms with van der Waals surface area (Å²) in [4.78, 5) is 87.9. The summed E-state index contributed by atoms with van der Waals surface area (Å²) in [6.45, 7) is 38.9. The van der Waals surface area contributed by atoms with E-state index < -0.39 is 17.2 Å². The highest BCUT2D eigenvalue weighted by atomic mass is 16.6. The van der Waals surface area contributed by atoms with Crippen LogP contribution in [-0.2, 0) is 35.4 Å². The normalized spacial score (nSPS) is 15.2. The number of nitrogens with zero attached hydrogens (tertiary/aromatic N) is 11. The van der Waals surface area contributed by atoms with Gasteiger partial charge in [-0.15, -0.1) is 0 Å². The quantitative estimate of drug-likeness (QED) is 0.0602. The van der Waals surface area contributed by atoms with E-state index >= 15 is 0 Å². The molecule has 14 rings (SSSR count). The van der Waals surface area contributed by atoms with Crippen LogP contribution in [0.3, 0.4) is 0 Å².